The van der Waals surface area contributed by atoms with Gasteiger partial charge in [-0.15, -0.1) is 0 Å². The number of hydrogen-bond donors (Lipinski definition) is 2. The van der Waals surface area contributed by atoms with Gasteiger partial charge in [-0.25, -0.2) is 0 Å². The molecular formula is C19H24O2. The van der Waals surface area contributed by atoms with Crippen molar-refractivity contribution in [1.29, 1.82) is 0 Å². The van der Waals surface area contributed by atoms with Gasteiger partial charge in [0.15, 0.2) is 0 Å². The molecule has 0 spiro atoms. The summed E-state index contributed by atoms with van der Waals surface area (Å²) < 4.78 is 0. The molecule has 0 aliphatic heterocycles. The average molecular weight is 284 g/mol. The van der Waals surface area contributed by atoms with Gasteiger partial charge in [-0.2, -0.15) is 0 Å². The second-order valence-electron chi connectivity index (χ2n) is 6.10. The highest BCUT2D eigenvalue weighted by atomic mass is 16.3. The first-order valence-corrected chi connectivity index (χ1v) is 7.31. The van der Waals surface area contributed by atoms with E-state index in [1.54, 1.807) is 0 Å². The third-order valence-corrected chi connectivity index (χ3v) is 4.53. The number of benzene rings is 2. The number of aryl methyl sites for hydroxylation is 4. The van der Waals surface area contributed by atoms with Crippen LogP contribution in [-0.4, -0.2) is 10.2 Å². The van der Waals surface area contributed by atoms with E-state index in [-0.39, 0.29) is 0 Å². The Hall–Kier alpha value is -1.96. The Morgan fingerprint density at radius 2 is 0.952 bits per heavy atom. The minimum atomic E-state index is 0.377. The van der Waals surface area contributed by atoms with Gasteiger partial charge >= 0.3 is 0 Å². The van der Waals surface area contributed by atoms with Gasteiger partial charge in [-0.05, 0) is 92.5 Å². The minimum Gasteiger partial charge on any atom is -0.507 e. The quantitative estimate of drug-likeness (QED) is 0.850. The molecule has 0 saturated heterocycles. The molecule has 2 aromatic rings. The van der Waals surface area contributed by atoms with Crippen molar-refractivity contribution >= 4 is 0 Å². The fourth-order valence-corrected chi connectivity index (χ4v) is 3.15. The Labute approximate surface area is 127 Å². The Morgan fingerprint density at radius 1 is 0.619 bits per heavy atom. The third kappa shape index (κ3) is 2.63. The maximum Gasteiger partial charge on any atom is 0.121 e. The van der Waals surface area contributed by atoms with Crippen LogP contribution in [0, 0.1) is 41.5 Å². The fourth-order valence-electron chi connectivity index (χ4n) is 3.15. The van der Waals surface area contributed by atoms with Crippen LogP contribution in [-0.2, 0) is 6.42 Å². The summed E-state index contributed by atoms with van der Waals surface area (Å²) in [6, 6.07) is 4.05. The van der Waals surface area contributed by atoms with Crippen LogP contribution in [0.5, 0.6) is 11.5 Å². The van der Waals surface area contributed by atoms with E-state index in [9.17, 15) is 10.2 Å². The van der Waals surface area contributed by atoms with Gasteiger partial charge in [0, 0.05) is 0 Å². The summed E-state index contributed by atoms with van der Waals surface area (Å²) in [5.41, 5.74) is 8.35. The molecule has 0 aliphatic carbocycles. The van der Waals surface area contributed by atoms with Crippen LogP contribution in [0.15, 0.2) is 12.1 Å². The summed E-state index contributed by atoms with van der Waals surface area (Å²) in [4.78, 5) is 0. The van der Waals surface area contributed by atoms with Crippen LogP contribution in [0.2, 0.25) is 0 Å². The average Bonchev–Trinajstić information content (AvgIpc) is 2.42. The van der Waals surface area contributed by atoms with Gasteiger partial charge in [0.1, 0.15) is 11.5 Å². The van der Waals surface area contributed by atoms with E-state index in [1.165, 1.54) is 11.1 Å². The second kappa shape index (κ2) is 5.44. The van der Waals surface area contributed by atoms with Crippen LogP contribution in [0.3, 0.4) is 0 Å². The van der Waals surface area contributed by atoms with Crippen LogP contribution in [0.25, 0.3) is 0 Å². The summed E-state index contributed by atoms with van der Waals surface area (Å²) in [5.74, 6) is 0.754. The van der Waals surface area contributed by atoms with Crippen LogP contribution >= 0.6 is 0 Å². The van der Waals surface area contributed by atoms with Crippen molar-refractivity contribution in [3.8, 4) is 11.5 Å². The van der Waals surface area contributed by atoms with Gasteiger partial charge in [-0.3, -0.25) is 0 Å². The molecular weight excluding hydrogens is 260 g/mol. The molecule has 0 heterocycles. The molecule has 0 amide bonds. The van der Waals surface area contributed by atoms with E-state index >= 15 is 0 Å². The molecule has 0 unspecified atom stereocenters. The Kier molecular flexibility index (Phi) is 3.99. The maximum atomic E-state index is 10.2. The van der Waals surface area contributed by atoms with E-state index in [0.29, 0.717) is 11.5 Å². The van der Waals surface area contributed by atoms with Gasteiger partial charge in [0.25, 0.3) is 0 Å². The first-order chi connectivity index (χ1) is 9.73. The third-order valence-electron chi connectivity index (χ3n) is 4.53. The van der Waals surface area contributed by atoms with Crippen LogP contribution in [0.4, 0.5) is 0 Å². The van der Waals surface area contributed by atoms with Gasteiger partial charge in [-0.1, -0.05) is 12.1 Å². The monoisotopic (exact) mass is 284 g/mol. The molecule has 0 saturated carbocycles. The largest absolute Gasteiger partial charge is 0.507 e. The SMILES string of the molecule is Cc1cc(C)c(Cc2c(C)cc(C)c(O)c2C)c(C)c1O. The summed E-state index contributed by atoms with van der Waals surface area (Å²) >= 11 is 0. The summed E-state index contributed by atoms with van der Waals surface area (Å²) in [6.07, 6.45) is 0.733. The standard InChI is InChI=1S/C19H24O2/c1-10-7-12(3)18(20)14(5)16(10)9-17-11(2)8-13(4)19(21)15(17)6/h7-8,20-21H,9H2,1-6H3. The molecule has 2 rings (SSSR count). The molecule has 0 bridgehead atoms. The van der Waals surface area contributed by atoms with Gasteiger partial charge < -0.3 is 10.2 Å². The Balaban J connectivity index is 2.59. The molecule has 21 heavy (non-hydrogen) atoms. The molecule has 2 nitrogen and oxygen atoms in total. The van der Waals surface area contributed by atoms with Crippen molar-refractivity contribution in [2.45, 2.75) is 48.0 Å². The van der Waals surface area contributed by atoms with Crippen LogP contribution < -0.4 is 0 Å². The van der Waals surface area contributed by atoms with Crippen molar-refractivity contribution < 1.29 is 10.2 Å². The lowest BCUT2D eigenvalue weighted by Gasteiger charge is -2.18. The van der Waals surface area contributed by atoms with E-state index in [4.69, 9.17) is 0 Å². The molecule has 0 radical (unpaired) electrons. The molecule has 0 fully saturated rings. The fraction of sp³-hybridized carbons (Fsp3) is 0.368. The lowest BCUT2D eigenvalue weighted by molar-refractivity contribution is 0.465. The highest BCUT2D eigenvalue weighted by Gasteiger charge is 2.15. The highest BCUT2D eigenvalue weighted by Crippen LogP contribution is 2.33. The zero-order valence-electron chi connectivity index (χ0n) is 13.8. The summed E-state index contributed by atoms with van der Waals surface area (Å²) in [5, 5.41) is 20.4. The predicted molar refractivity (Wildman–Crippen MR) is 87.4 cm³/mol. The Bertz CT molecular complexity index is 651. The van der Waals surface area contributed by atoms with Gasteiger partial charge in [0.2, 0.25) is 0 Å². The van der Waals surface area contributed by atoms with Crippen molar-refractivity contribution in [1.82, 2.24) is 0 Å². The predicted octanol–water partition coefficient (Wildman–Crippen LogP) is 4.54. The first-order valence-electron chi connectivity index (χ1n) is 7.31. The van der Waals surface area contributed by atoms with Gasteiger partial charge in [0.05, 0.1) is 0 Å². The Morgan fingerprint density at radius 3 is 1.29 bits per heavy atom. The minimum absolute atomic E-state index is 0.377. The zero-order valence-corrected chi connectivity index (χ0v) is 13.8. The van der Waals surface area contributed by atoms with E-state index in [1.807, 2.05) is 39.8 Å². The number of hydrogen-bond acceptors (Lipinski definition) is 2. The van der Waals surface area contributed by atoms with E-state index < -0.39 is 0 Å². The molecule has 0 aliphatic rings. The number of rotatable bonds is 2. The van der Waals surface area contributed by atoms with E-state index in [2.05, 4.69) is 13.8 Å². The lowest BCUT2D eigenvalue weighted by atomic mass is 9.88. The first kappa shape index (κ1) is 15.4. The van der Waals surface area contributed by atoms with Crippen LogP contribution in [0.1, 0.15) is 44.5 Å². The van der Waals surface area contributed by atoms with Crippen molar-refractivity contribution in [3.05, 3.63) is 56.6 Å². The molecule has 2 heteroatoms. The van der Waals surface area contributed by atoms with E-state index in [0.717, 1.165) is 39.8 Å². The highest BCUT2D eigenvalue weighted by molar-refractivity contribution is 5.54. The zero-order chi connectivity index (χ0) is 15.9. The normalized spacial score (nSPS) is 11.0. The summed E-state index contributed by atoms with van der Waals surface area (Å²) in [6.45, 7) is 11.9. The molecule has 0 atom stereocenters. The topological polar surface area (TPSA) is 40.5 Å². The second-order valence-corrected chi connectivity index (χ2v) is 6.10. The smallest absolute Gasteiger partial charge is 0.121 e. The van der Waals surface area contributed by atoms with Crippen molar-refractivity contribution in [3.63, 3.8) is 0 Å². The molecule has 112 valence electrons. The molecule has 2 aromatic carbocycles. The number of phenolic OH excluding ortho intramolecular Hbond substituents is 2. The van der Waals surface area contributed by atoms with Crippen molar-refractivity contribution in [2.24, 2.45) is 0 Å². The molecule has 0 aromatic heterocycles. The maximum absolute atomic E-state index is 10.2. The number of phenols is 2. The lowest BCUT2D eigenvalue weighted by Crippen LogP contribution is -2.02. The number of aromatic hydroxyl groups is 2. The molecule has 2 N–H and O–H groups in total. The summed E-state index contributed by atoms with van der Waals surface area (Å²) in [7, 11) is 0. The van der Waals surface area contributed by atoms with Crippen molar-refractivity contribution in [2.75, 3.05) is 0 Å².